The van der Waals surface area contributed by atoms with E-state index in [1.54, 1.807) is 0 Å². The van der Waals surface area contributed by atoms with E-state index >= 15 is 0 Å². The molecular weight excluding hydrogens is 146 g/mol. The molecule has 0 saturated heterocycles. The molecule has 0 rings (SSSR count). The third-order valence-electron chi connectivity index (χ3n) is 2.57. The molecule has 1 nitrogen and oxygen atoms in total. The van der Waals surface area contributed by atoms with Crippen molar-refractivity contribution in [2.75, 3.05) is 13.6 Å². The van der Waals surface area contributed by atoms with Gasteiger partial charge in [-0.05, 0) is 18.3 Å². The molecule has 1 heteroatoms. The van der Waals surface area contributed by atoms with Crippen molar-refractivity contribution in [1.82, 2.24) is 4.90 Å². The fourth-order valence-electron chi connectivity index (χ4n) is 1.21. The smallest absolute Gasteiger partial charge is 0.0169 e. The molecule has 0 aromatic heterocycles. The summed E-state index contributed by atoms with van der Waals surface area (Å²) in [6, 6.07) is 0. The normalized spacial score (nSPS) is 13.2. The van der Waals surface area contributed by atoms with Crippen LogP contribution in [0.1, 0.15) is 34.1 Å². The summed E-state index contributed by atoms with van der Waals surface area (Å²) in [6.07, 6.45) is 1.19. The molecule has 1 unspecified atom stereocenters. The van der Waals surface area contributed by atoms with Gasteiger partial charge in [0.2, 0.25) is 0 Å². The lowest BCUT2D eigenvalue weighted by Crippen LogP contribution is -2.24. The van der Waals surface area contributed by atoms with Crippen LogP contribution in [0.2, 0.25) is 0 Å². The lowest BCUT2D eigenvalue weighted by Gasteiger charge is -2.28. The van der Waals surface area contributed by atoms with Crippen molar-refractivity contribution >= 4 is 0 Å². The number of hydrogen-bond acceptors (Lipinski definition) is 1. The van der Waals surface area contributed by atoms with Gasteiger partial charge in [-0.2, -0.15) is 0 Å². The zero-order valence-corrected chi connectivity index (χ0v) is 9.22. The minimum Gasteiger partial charge on any atom is -0.378 e. The fraction of sp³-hybridized carbons (Fsp3) is 0.818. The molecule has 0 spiro atoms. The van der Waals surface area contributed by atoms with Crippen LogP contribution < -0.4 is 0 Å². The zero-order valence-electron chi connectivity index (χ0n) is 9.22. The lowest BCUT2D eigenvalue weighted by atomic mass is 9.94. The van der Waals surface area contributed by atoms with E-state index in [1.807, 2.05) is 0 Å². The van der Waals surface area contributed by atoms with E-state index in [0.717, 1.165) is 6.54 Å². The third kappa shape index (κ3) is 3.29. The summed E-state index contributed by atoms with van der Waals surface area (Å²) in [5.41, 5.74) is 1.27. The van der Waals surface area contributed by atoms with Gasteiger partial charge >= 0.3 is 0 Å². The predicted octanol–water partition coefficient (Wildman–Crippen LogP) is 3.13. The Morgan fingerprint density at radius 1 is 1.33 bits per heavy atom. The first-order valence-electron chi connectivity index (χ1n) is 4.90. The maximum Gasteiger partial charge on any atom is 0.0169 e. The van der Waals surface area contributed by atoms with Crippen molar-refractivity contribution in [2.45, 2.75) is 34.1 Å². The molecule has 0 aliphatic rings. The van der Waals surface area contributed by atoms with Crippen LogP contribution in [0.15, 0.2) is 12.3 Å². The Morgan fingerprint density at radius 3 is 2.17 bits per heavy atom. The van der Waals surface area contributed by atoms with Gasteiger partial charge in [0, 0.05) is 19.3 Å². The van der Waals surface area contributed by atoms with Crippen molar-refractivity contribution in [2.24, 2.45) is 11.8 Å². The summed E-state index contributed by atoms with van der Waals surface area (Å²) >= 11 is 0. The molecule has 0 aliphatic heterocycles. The Hall–Kier alpha value is -0.460. The predicted molar refractivity (Wildman–Crippen MR) is 56.1 cm³/mol. The van der Waals surface area contributed by atoms with Crippen LogP contribution in [0.4, 0.5) is 0 Å². The van der Waals surface area contributed by atoms with Crippen LogP contribution in [0.3, 0.4) is 0 Å². The fourth-order valence-corrected chi connectivity index (χ4v) is 1.21. The van der Waals surface area contributed by atoms with Gasteiger partial charge in [0.25, 0.3) is 0 Å². The Labute approximate surface area is 77.5 Å². The van der Waals surface area contributed by atoms with Crippen LogP contribution in [0.5, 0.6) is 0 Å². The van der Waals surface area contributed by atoms with Crippen molar-refractivity contribution in [3.63, 3.8) is 0 Å². The van der Waals surface area contributed by atoms with Gasteiger partial charge in [-0.25, -0.2) is 0 Å². The van der Waals surface area contributed by atoms with Gasteiger partial charge in [0.15, 0.2) is 0 Å². The Bertz CT molecular complexity index is 138. The van der Waals surface area contributed by atoms with E-state index < -0.39 is 0 Å². The molecule has 0 bridgehead atoms. The molecule has 0 radical (unpaired) electrons. The van der Waals surface area contributed by atoms with Gasteiger partial charge in [0.1, 0.15) is 0 Å². The highest BCUT2D eigenvalue weighted by Gasteiger charge is 2.13. The van der Waals surface area contributed by atoms with Crippen molar-refractivity contribution in [3.8, 4) is 0 Å². The molecule has 0 aromatic carbocycles. The molecule has 0 aromatic rings. The topological polar surface area (TPSA) is 3.24 Å². The van der Waals surface area contributed by atoms with Gasteiger partial charge in [-0.1, -0.05) is 34.3 Å². The summed E-state index contributed by atoms with van der Waals surface area (Å²) in [5, 5.41) is 0. The van der Waals surface area contributed by atoms with E-state index in [0.29, 0.717) is 11.8 Å². The molecule has 1 atom stereocenters. The Balaban J connectivity index is 4.00. The van der Waals surface area contributed by atoms with Gasteiger partial charge < -0.3 is 4.90 Å². The Kier molecular flexibility index (Phi) is 5.03. The van der Waals surface area contributed by atoms with Crippen molar-refractivity contribution in [1.29, 1.82) is 0 Å². The van der Waals surface area contributed by atoms with Gasteiger partial charge in [0.05, 0.1) is 0 Å². The SMILES string of the molecule is C=C(C(C)C(C)C)N(C)CCC. The average molecular weight is 169 g/mol. The van der Waals surface area contributed by atoms with E-state index in [1.165, 1.54) is 12.1 Å². The molecule has 0 fully saturated rings. The molecule has 0 aliphatic carbocycles. The minimum absolute atomic E-state index is 0.599. The maximum atomic E-state index is 4.12. The first-order chi connectivity index (χ1) is 5.50. The molecule has 0 amide bonds. The second kappa shape index (κ2) is 5.23. The highest BCUT2D eigenvalue weighted by Crippen LogP contribution is 2.20. The average Bonchev–Trinajstić information content (AvgIpc) is 2.02. The zero-order chi connectivity index (χ0) is 9.72. The first-order valence-corrected chi connectivity index (χ1v) is 4.90. The Morgan fingerprint density at radius 2 is 1.83 bits per heavy atom. The van der Waals surface area contributed by atoms with Crippen LogP contribution in [0.25, 0.3) is 0 Å². The molecule has 0 saturated carbocycles. The minimum atomic E-state index is 0.599. The van der Waals surface area contributed by atoms with Crippen LogP contribution >= 0.6 is 0 Å². The summed E-state index contributed by atoms with van der Waals surface area (Å²) in [5.74, 6) is 1.29. The van der Waals surface area contributed by atoms with Crippen molar-refractivity contribution in [3.05, 3.63) is 12.3 Å². The molecule has 12 heavy (non-hydrogen) atoms. The van der Waals surface area contributed by atoms with E-state index in [9.17, 15) is 0 Å². The monoisotopic (exact) mass is 169 g/mol. The van der Waals surface area contributed by atoms with Crippen LogP contribution in [0, 0.1) is 11.8 Å². The molecule has 0 N–H and O–H groups in total. The largest absolute Gasteiger partial charge is 0.378 e. The molecule has 72 valence electrons. The number of allylic oxidation sites excluding steroid dienone is 1. The quantitative estimate of drug-likeness (QED) is 0.611. The summed E-state index contributed by atoms with van der Waals surface area (Å²) in [6.45, 7) is 14.2. The summed E-state index contributed by atoms with van der Waals surface area (Å²) < 4.78 is 0. The second-order valence-electron chi connectivity index (χ2n) is 3.95. The number of hydrogen-bond donors (Lipinski definition) is 0. The summed E-state index contributed by atoms with van der Waals surface area (Å²) in [4.78, 5) is 2.27. The van der Waals surface area contributed by atoms with Gasteiger partial charge in [-0.3, -0.25) is 0 Å². The van der Waals surface area contributed by atoms with Crippen LogP contribution in [-0.4, -0.2) is 18.5 Å². The summed E-state index contributed by atoms with van der Waals surface area (Å²) in [7, 11) is 2.13. The second-order valence-corrected chi connectivity index (χ2v) is 3.95. The number of rotatable bonds is 5. The third-order valence-corrected chi connectivity index (χ3v) is 2.57. The van der Waals surface area contributed by atoms with Crippen molar-refractivity contribution < 1.29 is 0 Å². The molecule has 0 heterocycles. The highest BCUT2D eigenvalue weighted by atomic mass is 15.1. The lowest BCUT2D eigenvalue weighted by molar-refractivity contribution is 0.327. The van der Waals surface area contributed by atoms with Gasteiger partial charge in [-0.15, -0.1) is 0 Å². The number of nitrogens with zero attached hydrogens (tertiary/aromatic N) is 1. The van der Waals surface area contributed by atoms with E-state index in [4.69, 9.17) is 0 Å². The first kappa shape index (κ1) is 11.5. The maximum absolute atomic E-state index is 4.12. The molecular formula is C11H23N. The van der Waals surface area contributed by atoms with E-state index in [-0.39, 0.29) is 0 Å². The standard InChI is InChI=1S/C11H23N/c1-7-8-12(6)11(5)10(4)9(2)3/h9-10H,5,7-8H2,1-4,6H3. The van der Waals surface area contributed by atoms with Crippen LogP contribution in [-0.2, 0) is 0 Å². The van der Waals surface area contributed by atoms with E-state index in [2.05, 4.69) is 46.2 Å². The highest BCUT2D eigenvalue weighted by molar-refractivity contribution is 4.98.